The van der Waals surface area contributed by atoms with Crippen molar-refractivity contribution >= 4 is 0 Å². The third-order valence-electron chi connectivity index (χ3n) is 3.18. The van der Waals surface area contributed by atoms with Crippen LogP contribution in [0, 0.1) is 12.7 Å². The van der Waals surface area contributed by atoms with E-state index in [9.17, 15) is 9.50 Å². The van der Waals surface area contributed by atoms with Gasteiger partial charge in [0.15, 0.2) is 0 Å². The number of aliphatic hydroxyl groups is 1. The Hall–Kier alpha value is -0.930. The summed E-state index contributed by atoms with van der Waals surface area (Å²) < 4.78 is 18.4. The maximum atomic E-state index is 13.1. The Morgan fingerprint density at radius 3 is 2.80 bits per heavy atom. The van der Waals surface area contributed by atoms with Gasteiger partial charge >= 0.3 is 0 Å². The molecule has 1 aliphatic rings. The van der Waals surface area contributed by atoms with Gasteiger partial charge in [-0.15, -0.1) is 0 Å². The smallest absolute Gasteiger partial charge is 0.126 e. The molecule has 2 rings (SSSR count). The predicted octanol–water partition coefficient (Wildman–Crippen LogP) is 2.13. The summed E-state index contributed by atoms with van der Waals surface area (Å²) >= 11 is 0. The summed E-state index contributed by atoms with van der Waals surface area (Å²) in [5, 5.41) is 10.4. The first-order valence-corrected chi connectivity index (χ1v) is 5.14. The number of halogens is 1. The van der Waals surface area contributed by atoms with Crippen LogP contribution in [0.1, 0.15) is 24.5 Å². The molecule has 1 N–H and O–H groups in total. The highest BCUT2D eigenvalue weighted by Crippen LogP contribution is 2.36. The third-order valence-corrected chi connectivity index (χ3v) is 3.18. The molecule has 1 aromatic carbocycles. The number of rotatable bonds is 1. The minimum absolute atomic E-state index is 0.234. The van der Waals surface area contributed by atoms with Crippen LogP contribution in [-0.2, 0) is 10.3 Å². The van der Waals surface area contributed by atoms with E-state index >= 15 is 0 Å². The van der Waals surface area contributed by atoms with E-state index in [4.69, 9.17) is 4.74 Å². The summed E-state index contributed by atoms with van der Waals surface area (Å²) in [5.41, 5.74) is 0.338. The zero-order valence-electron chi connectivity index (χ0n) is 8.96. The molecule has 0 amide bonds. The van der Waals surface area contributed by atoms with Gasteiger partial charge in [-0.05, 0) is 31.0 Å². The van der Waals surface area contributed by atoms with Gasteiger partial charge in [-0.25, -0.2) is 4.39 Å². The predicted molar refractivity (Wildman–Crippen MR) is 55.1 cm³/mol. The zero-order valence-corrected chi connectivity index (χ0v) is 8.96. The summed E-state index contributed by atoms with van der Waals surface area (Å²) in [5.74, 6) is -0.242. The van der Waals surface area contributed by atoms with E-state index in [2.05, 4.69) is 0 Å². The molecule has 0 aliphatic carbocycles. The Balaban J connectivity index is 2.40. The second-order valence-corrected chi connectivity index (χ2v) is 4.15. The van der Waals surface area contributed by atoms with Crippen LogP contribution in [0.15, 0.2) is 18.2 Å². The van der Waals surface area contributed by atoms with Crippen molar-refractivity contribution in [2.45, 2.75) is 32.0 Å². The van der Waals surface area contributed by atoms with Gasteiger partial charge < -0.3 is 9.84 Å². The fraction of sp³-hybridized carbons (Fsp3) is 0.500. The standard InChI is InChI=1S/C12H15FO2/c1-8-7-10(3-4-11(8)13)12(14)5-6-15-9(12)2/h3-4,7,9,14H,5-6H2,1-2H3. The highest BCUT2D eigenvalue weighted by molar-refractivity contribution is 5.30. The highest BCUT2D eigenvalue weighted by atomic mass is 19.1. The van der Waals surface area contributed by atoms with E-state index in [0.29, 0.717) is 18.6 Å². The molecule has 1 fully saturated rings. The SMILES string of the molecule is Cc1cc(C2(O)CCOC2C)ccc1F. The molecule has 3 heteroatoms. The largest absolute Gasteiger partial charge is 0.382 e. The molecule has 2 atom stereocenters. The molecule has 0 saturated carbocycles. The first-order chi connectivity index (χ1) is 7.04. The molecular weight excluding hydrogens is 195 g/mol. The average molecular weight is 210 g/mol. The molecule has 1 heterocycles. The van der Waals surface area contributed by atoms with Crippen LogP contribution >= 0.6 is 0 Å². The van der Waals surface area contributed by atoms with Crippen molar-refractivity contribution in [3.05, 3.63) is 35.1 Å². The van der Waals surface area contributed by atoms with Crippen LogP contribution in [0.3, 0.4) is 0 Å². The molecule has 2 unspecified atom stereocenters. The molecule has 0 bridgehead atoms. The lowest BCUT2D eigenvalue weighted by molar-refractivity contribution is -0.0317. The van der Waals surface area contributed by atoms with Crippen LogP contribution in [0.25, 0.3) is 0 Å². The van der Waals surface area contributed by atoms with Crippen molar-refractivity contribution < 1.29 is 14.2 Å². The molecule has 1 saturated heterocycles. The van der Waals surface area contributed by atoms with Crippen molar-refractivity contribution in [3.63, 3.8) is 0 Å². The number of hydrogen-bond donors (Lipinski definition) is 1. The monoisotopic (exact) mass is 210 g/mol. The average Bonchev–Trinajstić information content (AvgIpc) is 2.53. The molecule has 15 heavy (non-hydrogen) atoms. The number of benzene rings is 1. The highest BCUT2D eigenvalue weighted by Gasteiger charge is 2.41. The molecule has 0 radical (unpaired) electrons. The second-order valence-electron chi connectivity index (χ2n) is 4.15. The summed E-state index contributed by atoms with van der Waals surface area (Å²) in [4.78, 5) is 0. The number of aryl methyl sites for hydroxylation is 1. The van der Waals surface area contributed by atoms with Crippen molar-refractivity contribution in [3.8, 4) is 0 Å². The van der Waals surface area contributed by atoms with Crippen molar-refractivity contribution in [1.82, 2.24) is 0 Å². The summed E-state index contributed by atoms with van der Waals surface area (Å²) in [7, 11) is 0. The van der Waals surface area contributed by atoms with E-state index in [0.717, 1.165) is 5.56 Å². The van der Waals surface area contributed by atoms with Gasteiger partial charge in [-0.3, -0.25) is 0 Å². The van der Waals surface area contributed by atoms with Crippen LogP contribution in [0.4, 0.5) is 4.39 Å². The van der Waals surface area contributed by atoms with Crippen LogP contribution in [0.2, 0.25) is 0 Å². The van der Waals surface area contributed by atoms with Crippen molar-refractivity contribution in [2.24, 2.45) is 0 Å². The Labute approximate surface area is 88.7 Å². The van der Waals surface area contributed by atoms with Gasteiger partial charge in [0.1, 0.15) is 11.4 Å². The third kappa shape index (κ3) is 1.66. The number of hydrogen-bond acceptors (Lipinski definition) is 2. The van der Waals surface area contributed by atoms with Gasteiger partial charge in [0.25, 0.3) is 0 Å². The van der Waals surface area contributed by atoms with E-state index in [1.165, 1.54) is 6.07 Å². The molecule has 1 aliphatic heterocycles. The molecule has 82 valence electrons. The fourth-order valence-electron chi connectivity index (χ4n) is 2.03. The fourth-order valence-corrected chi connectivity index (χ4v) is 2.03. The van der Waals surface area contributed by atoms with E-state index in [1.54, 1.807) is 19.1 Å². The lowest BCUT2D eigenvalue weighted by Crippen LogP contribution is -2.33. The Morgan fingerprint density at radius 1 is 1.53 bits per heavy atom. The van der Waals surface area contributed by atoms with Gasteiger partial charge in [0.2, 0.25) is 0 Å². The molecular formula is C12H15FO2. The topological polar surface area (TPSA) is 29.5 Å². The second kappa shape index (κ2) is 3.58. The van der Waals surface area contributed by atoms with Gasteiger partial charge in [0.05, 0.1) is 12.7 Å². The van der Waals surface area contributed by atoms with Crippen LogP contribution in [-0.4, -0.2) is 17.8 Å². The number of ether oxygens (including phenoxy) is 1. The van der Waals surface area contributed by atoms with Gasteiger partial charge in [-0.1, -0.05) is 12.1 Å². The molecule has 1 aromatic rings. The van der Waals surface area contributed by atoms with Crippen LogP contribution in [0.5, 0.6) is 0 Å². The Bertz CT molecular complexity index is 378. The maximum absolute atomic E-state index is 13.1. The van der Waals surface area contributed by atoms with E-state index < -0.39 is 5.60 Å². The molecule has 0 spiro atoms. The van der Waals surface area contributed by atoms with E-state index in [1.807, 2.05) is 6.92 Å². The molecule has 2 nitrogen and oxygen atoms in total. The first kappa shape index (κ1) is 10.6. The lowest BCUT2D eigenvalue weighted by Gasteiger charge is -2.26. The van der Waals surface area contributed by atoms with Gasteiger partial charge in [-0.2, -0.15) is 0 Å². The van der Waals surface area contributed by atoms with Crippen molar-refractivity contribution in [2.75, 3.05) is 6.61 Å². The Kier molecular flexibility index (Phi) is 2.52. The summed E-state index contributed by atoms with van der Waals surface area (Å²) in [6, 6.07) is 4.72. The quantitative estimate of drug-likeness (QED) is 0.769. The maximum Gasteiger partial charge on any atom is 0.126 e. The van der Waals surface area contributed by atoms with E-state index in [-0.39, 0.29) is 11.9 Å². The lowest BCUT2D eigenvalue weighted by atomic mass is 9.87. The summed E-state index contributed by atoms with van der Waals surface area (Å²) in [6.07, 6.45) is 0.335. The zero-order chi connectivity index (χ0) is 11.1. The first-order valence-electron chi connectivity index (χ1n) is 5.14. The minimum atomic E-state index is -0.960. The molecule has 0 aromatic heterocycles. The van der Waals surface area contributed by atoms with Gasteiger partial charge in [0, 0.05) is 6.42 Å². The normalized spacial score (nSPS) is 30.8. The summed E-state index contributed by atoms with van der Waals surface area (Å²) in [6.45, 7) is 4.09. The Morgan fingerprint density at radius 2 is 2.27 bits per heavy atom. The minimum Gasteiger partial charge on any atom is -0.382 e. The van der Waals surface area contributed by atoms with Crippen LogP contribution < -0.4 is 0 Å². The van der Waals surface area contributed by atoms with Crippen molar-refractivity contribution in [1.29, 1.82) is 0 Å².